The number of carbonyl (C=O) groups excluding carboxylic acids is 1. The van der Waals surface area contributed by atoms with E-state index in [4.69, 9.17) is 0 Å². The average molecular weight is 308 g/mol. The second-order valence-corrected chi connectivity index (χ2v) is 6.65. The van der Waals surface area contributed by atoms with Crippen LogP contribution in [0, 0.1) is 5.41 Å². The maximum Gasteiger partial charge on any atom is 0.314 e. The van der Waals surface area contributed by atoms with Gasteiger partial charge in [0.05, 0.1) is 12.3 Å². The Bertz CT molecular complexity index is 488. The smallest absolute Gasteiger partial charge is 0.314 e. The van der Waals surface area contributed by atoms with Crippen molar-refractivity contribution in [1.29, 1.82) is 0 Å². The summed E-state index contributed by atoms with van der Waals surface area (Å²) < 4.78 is 1.78. The molecule has 0 saturated heterocycles. The van der Waals surface area contributed by atoms with Crippen LogP contribution < -0.4 is 10.6 Å². The molecule has 1 saturated carbocycles. The monoisotopic (exact) mass is 308 g/mol. The molecule has 2 rings (SSSR count). The minimum absolute atomic E-state index is 0.148. The Balaban J connectivity index is 1.61. The fraction of sp³-hybridized carbons (Fsp3) is 0.750. The van der Waals surface area contributed by atoms with E-state index in [1.807, 2.05) is 19.4 Å². The lowest BCUT2D eigenvalue weighted by Gasteiger charge is -2.38. The van der Waals surface area contributed by atoms with Crippen molar-refractivity contribution in [2.24, 2.45) is 12.5 Å². The third-order valence-corrected chi connectivity index (χ3v) is 4.62. The van der Waals surface area contributed by atoms with E-state index in [2.05, 4.69) is 22.7 Å². The maximum atomic E-state index is 11.8. The molecule has 1 aromatic rings. The fourth-order valence-corrected chi connectivity index (χ4v) is 3.03. The van der Waals surface area contributed by atoms with Crippen molar-refractivity contribution in [3.63, 3.8) is 0 Å². The molecule has 0 spiro atoms. The SMILES string of the molecule is Cn1cc(CCCNC(=O)NCC2(C)CCCCC2O)cn1. The molecular formula is C16H28N4O2. The molecule has 2 atom stereocenters. The van der Waals surface area contributed by atoms with Gasteiger partial charge in [-0.1, -0.05) is 19.8 Å². The van der Waals surface area contributed by atoms with E-state index in [9.17, 15) is 9.90 Å². The highest BCUT2D eigenvalue weighted by molar-refractivity contribution is 5.73. The first-order valence-corrected chi connectivity index (χ1v) is 8.17. The van der Waals surface area contributed by atoms with Crippen LogP contribution in [0.1, 0.15) is 44.6 Å². The second-order valence-electron chi connectivity index (χ2n) is 6.65. The van der Waals surface area contributed by atoms with E-state index in [0.29, 0.717) is 13.1 Å². The molecule has 0 bridgehead atoms. The summed E-state index contributed by atoms with van der Waals surface area (Å²) in [4.78, 5) is 11.8. The van der Waals surface area contributed by atoms with Crippen molar-refractivity contribution in [2.45, 2.75) is 51.6 Å². The number of urea groups is 1. The number of aromatic nitrogens is 2. The number of rotatable bonds is 6. The number of amides is 2. The molecule has 3 N–H and O–H groups in total. The minimum atomic E-state index is -0.313. The minimum Gasteiger partial charge on any atom is -0.392 e. The molecule has 0 radical (unpaired) electrons. The standard InChI is InChI=1S/C16H28N4O2/c1-16(8-4-3-7-14(16)21)12-18-15(22)17-9-5-6-13-10-19-20(2)11-13/h10-11,14,21H,3-9,12H2,1-2H3,(H2,17,18,22). The predicted molar refractivity (Wildman–Crippen MR) is 85.5 cm³/mol. The highest BCUT2D eigenvalue weighted by atomic mass is 16.3. The summed E-state index contributed by atoms with van der Waals surface area (Å²) in [6, 6.07) is -0.148. The largest absolute Gasteiger partial charge is 0.392 e. The lowest BCUT2D eigenvalue weighted by atomic mass is 9.73. The number of hydrogen-bond acceptors (Lipinski definition) is 3. The number of aliphatic hydroxyl groups excluding tert-OH is 1. The summed E-state index contributed by atoms with van der Waals surface area (Å²) >= 11 is 0. The van der Waals surface area contributed by atoms with Gasteiger partial charge in [-0.05, 0) is 31.2 Å². The molecule has 22 heavy (non-hydrogen) atoms. The van der Waals surface area contributed by atoms with Crippen molar-refractivity contribution < 1.29 is 9.90 Å². The number of nitrogens with one attached hydrogen (secondary N) is 2. The molecule has 0 aromatic carbocycles. The summed E-state index contributed by atoms with van der Waals surface area (Å²) in [5, 5.41) is 20.0. The molecule has 6 nitrogen and oxygen atoms in total. The van der Waals surface area contributed by atoms with Crippen LogP contribution in [0.5, 0.6) is 0 Å². The summed E-state index contributed by atoms with van der Waals surface area (Å²) in [7, 11) is 1.90. The molecule has 1 heterocycles. The third kappa shape index (κ3) is 4.73. The average Bonchev–Trinajstić information content (AvgIpc) is 2.90. The van der Waals surface area contributed by atoms with Gasteiger partial charge in [0.25, 0.3) is 0 Å². The Morgan fingerprint density at radius 3 is 3.00 bits per heavy atom. The zero-order chi connectivity index (χ0) is 16.0. The van der Waals surface area contributed by atoms with Gasteiger partial charge in [-0.25, -0.2) is 4.79 Å². The molecule has 1 aromatic heterocycles. The van der Waals surface area contributed by atoms with E-state index >= 15 is 0 Å². The van der Waals surface area contributed by atoms with Gasteiger partial charge >= 0.3 is 6.03 Å². The molecule has 0 aliphatic heterocycles. The number of nitrogens with zero attached hydrogens (tertiary/aromatic N) is 2. The van der Waals surface area contributed by atoms with Gasteiger partial charge in [-0.3, -0.25) is 4.68 Å². The van der Waals surface area contributed by atoms with Gasteiger partial charge in [0.15, 0.2) is 0 Å². The highest BCUT2D eigenvalue weighted by Crippen LogP contribution is 2.35. The summed E-state index contributed by atoms with van der Waals surface area (Å²) in [6.45, 7) is 3.22. The molecular weight excluding hydrogens is 280 g/mol. The predicted octanol–water partition coefficient (Wildman–Crippen LogP) is 1.59. The Hall–Kier alpha value is -1.56. The van der Waals surface area contributed by atoms with Crippen LogP contribution in [0.2, 0.25) is 0 Å². The van der Waals surface area contributed by atoms with E-state index in [-0.39, 0.29) is 17.6 Å². The molecule has 1 aliphatic carbocycles. The van der Waals surface area contributed by atoms with Crippen LogP contribution in [-0.2, 0) is 13.5 Å². The molecule has 1 aliphatic rings. The van der Waals surface area contributed by atoms with Gasteiger partial charge in [0.1, 0.15) is 0 Å². The van der Waals surface area contributed by atoms with Crippen LogP contribution >= 0.6 is 0 Å². The number of aliphatic hydroxyl groups is 1. The quantitative estimate of drug-likeness (QED) is 0.698. The van der Waals surface area contributed by atoms with Gasteiger partial charge < -0.3 is 15.7 Å². The van der Waals surface area contributed by atoms with Crippen molar-refractivity contribution in [1.82, 2.24) is 20.4 Å². The Labute approximate surface area is 132 Å². The molecule has 2 amide bonds. The first kappa shape index (κ1) is 16.8. The van der Waals surface area contributed by atoms with Crippen LogP contribution in [0.3, 0.4) is 0 Å². The van der Waals surface area contributed by atoms with Crippen molar-refractivity contribution in [3.05, 3.63) is 18.0 Å². The number of hydrogen-bond donors (Lipinski definition) is 3. The van der Waals surface area contributed by atoms with Crippen LogP contribution in [0.15, 0.2) is 12.4 Å². The van der Waals surface area contributed by atoms with Gasteiger partial charge in [-0.15, -0.1) is 0 Å². The van der Waals surface area contributed by atoms with Crippen molar-refractivity contribution >= 4 is 6.03 Å². The lowest BCUT2D eigenvalue weighted by Crippen LogP contribution is -2.47. The van der Waals surface area contributed by atoms with E-state index in [1.54, 1.807) is 4.68 Å². The summed E-state index contributed by atoms with van der Waals surface area (Å²) in [5.41, 5.74) is 0.994. The number of carbonyl (C=O) groups is 1. The zero-order valence-electron chi connectivity index (χ0n) is 13.6. The summed E-state index contributed by atoms with van der Waals surface area (Å²) in [6.07, 6.45) is 9.34. The van der Waals surface area contributed by atoms with Crippen LogP contribution in [-0.4, -0.2) is 40.1 Å². The van der Waals surface area contributed by atoms with Crippen LogP contribution in [0.4, 0.5) is 4.79 Å². The second kappa shape index (κ2) is 7.63. The highest BCUT2D eigenvalue weighted by Gasteiger charge is 2.35. The van der Waals surface area contributed by atoms with E-state index < -0.39 is 0 Å². The molecule has 124 valence electrons. The number of aryl methyl sites for hydroxylation is 2. The topological polar surface area (TPSA) is 79.2 Å². The van der Waals surface area contributed by atoms with Crippen molar-refractivity contribution in [2.75, 3.05) is 13.1 Å². The van der Waals surface area contributed by atoms with E-state index in [1.165, 1.54) is 5.56 Å². The van der Waals surface area contributed by atoms with Gasteiger partial charge in [0.2, 0.25) is 0 Å². The Kier molecular flexibility index (Phi) is 5.83. The van der Waals surface area contributed by atoms with Gasteiger partial charge in [-0.2, -0.15) is 5.10 Å². The van der Waals surface area contributed by atoms with Crippen LogP contribution in [0.25, 0.3) is 0 Å². The first-order valence-electron chi connectivity index (χ1n) is 8.17. The zero-order valence-corrected chi connectivity index (χ0v) is 13.6. The normalized spacial score (nSPS) is 25.0. The molecule has 2 unspecified atom stereocenters. The van der Waals surface area contributed by atoms with Crippen molar-refractivity contribution in [3.8, 4) is 0 Å². The lowest BCUT2D eigenvalue weighted by molar-refractivity contribution is 0.00309. The fourth-order valence-electron chi connectivity index (χ4n) is 3.03. The van der Waals surface area contributed by atoms with E-state index in [0.717, 1.165) is 38.5 Å². The van der Waals surface area contributed by atoms with Gasteiger partial charge in [0, 0.05) is 31.7 Å². The molecule has 1 fully saturated rings. The summed E-state index contributed by atoms with van der Waals surface area (Å²) in [5.74, 6) is 0. The Morgan fingerprint density at radius 1 is 1.50 bits per heavy atom. The molecule has 6 heteroatoms. The Morgan fingerprint density at radius 2 is 2.32 bits per heavy atom. The maximum absolute atomic E-state index is 11.8. The first-order chi connectivity index (χ1) is 10.5. The third-order valence-electron chi connectivity index (χ3n) is 4.62.